The molecule has 0 heterocycles. The van der Waals surface area contributed by atoms with E-state index in [0.717, 1.165) is 135 Å². The van der Waals surface area contributed by atoms with E-state index in [0.29, 0.717) is 19.3 Å². The summed E-state index contributed by atoms with van der Waals surface area (Å²) < 4.78 is 16.9. The van der Waals surface area contributed by atoms with Gasteiger partial charge in [-0.2, -0.15) is 0 Å². The maximum Gasteiger partial charge on any atom is 0.306 e. The van der Waals surface area contributed by atoms with E-state index in [1.54, 1.807) is 0 Å². The lowest BCUT2D eigenvalue weighted by Crippen LogP contribution is -2.30. The van der Waals surface area contributed by atoms with Crippen molar-refractivity contribution in [3.8, 4) is 0 Å². The molecule has 0 radical (unpaired) electrons. The zero-order valence-corrected chi connectivity index (χ0v) is 49.7. The molecule has 0 aromatic rings. The van der Waals surface area contributed by atoms with Gasteiger partial charge in [0, 0.05) is 19.3 Å². The van der Waals surface area contributed by atoms with E-state index in [4.69, 9.17) is 14.2 Å². The Hall–Kier alpha value is -3.93. The summed E-state index contributed by atoms with van der Waals surface area (Å²) in [6.07, 6.45) is 86.7. The van der Waals surface area contributed by atoms with E-state index in [9.17, 15) is 14.4 Å². The summed E-state index contributed by atoms with van der Waals surface area (Å²) in [6, 6.07) is 0. The summed E-state index contributed by atoms with van der Waals surface area (Å²) in [5.74, 6) is -0.894. The van der Waals surface area contributed by atoms with Crippen LogP contribution in [0.25, 0.3) is 0 Å². The van der Waals surface area contributed by atoms with Gasteiger partial charge in [0.05, 0.1) is 0 Å². The Labute approximate surface area is 470 Å². The summed E-state index contributed by atoms with van der Waals surface area (Å²) in [6.45, 7) is 6.52. The van der Waals surface area contributed by atoms with E-state index in [1.165, 1.54) is 122 Å². The van der Waals surface area contributed by atoms with E-state index in [1.807, 2.05) is 0 Å². The van der Waals surface area contributed by atoms with Crippen molar-refractivity contribution in [3.05, 3.63) is 109 Å². The molecule has 76 heavy (non-hydrogen) atoms. The minimum absolute atomic E-state index is 0.0805. The van der Waals surface area contributed by atoms with E-state index in [2.05, 4.69) is 130 Å². The van der Waals surface area contributed by atoms with Gasteiger partial charge in [0.25, 0.3) is 0 Å². The molecule has 0 aliphatic rings. The monoisotopic (exact) mass is 1050 g/mol. The lowest BCUT2D eigenvalue weighted by atomic mass is 10.0. The minimum Gasteiger partial charge on any atom is -0.462 e. The summed E-state index contributed by atoms with van der Waals surface area (Å²) in [5, 5.41) is 0. The predicted octanol–water partition coefficient (Wildman–Crippen LogP) is 21.8. The first-order valence-corrected chi connectivity index (χ1v) is 31.9. The minimum atomic E-state index is -0.783. The third-order valence-electron chi connectivity index (χ3n) is 13.5. The molecule has 1 atom stereocenters. The molecule has 0 aliphatic heterocycles. The molecule has 6 heteroatoms. The lowest BCUT2D eigenvalue weighted by Gasteiger charge is -2.18. The number of allylic oxidation sites excluding steroid dienone is 18. The van der Waals surface area contributed by atoms with Crippen molar-refractivity contribution in [3.63, 3.8) is 0 Å². The number of carbonyl (C=O) groups is 3. The zero-order chi connectivity index (χ0) is 55.0. The van der Waals surface area contributed by atoms with Crippen molar-refractivity contribution < 1.29 is 28.6 Å². The first-order valence-electron chi connectivity index (χ1n) is 31.9. The molecule has 0 N–H and O–H groups in total. The largest absolute Gasteiger partial charge is 0.462 e. The Morgan fingerprint density at radius 2 is 0.513 bits per heavy atom. The van der Waals surface area contributed by atoms with Crippen molar-refractivity contribution in [1.82, 2.24) is 0 Å². The standard InChI is InChI=1S/C70H118O6/c1-4-7-10-13-16-19-22-24-26-27-28-29-30-31-32-33-34-35-36-37-38-39-40-41-42-43-45-46-48-51-54-57-60-63-69(72)75-66-67(65-74-68(71)62-59-56-53-50-21-18-15-12-9-6-3)76-70(73)64-61-58-55-52-49-47-44-25-23-20-17-14-11-8-5-2/h7,10,16,19,24,26,28-29,31-32,34-35,37-38,40-41,43,45,67H,4-6,8-9,11-15,17-18,20-23,25,27,30,33,36,39,42,44,46-66H2,1-3H3/b10-7-,19-16-,26-24-,29-28-,32-31-,35-34-,38-37-,41-40-,45-43-. The smallest absolute Gasteiger partial charge is 0.306 e. The van der Waals surface area contributed by atoms with Crippen molar-refractivity contribution in [1.29, 1.82) is 0 Å². The van der Waals surface area contributed by atoms with Crippen LogP contribution >= 0.6 is 0 Å². The van der Waals surface area contributed by atoms with E-state index < -0.39 is 6.10 Å². The lowest BCUT2D eigenvalue weighted by molar-refractivity contribution is -0.167. The fourth-order valence-electron chi connectivity index (χ4n) is 8.79. The molecule has 0 aliphatic carbocycles. The van der Waals surface area contributed by atoms with Gasteiger partial charge in [-0.25, -0.2) is 0 Å². The summed E-state index contributed by atoms with van der Waals surface area (Å²) in [7, 11) is 0. The highest BCUT2D eigenvalue weighted by molar-refractivity contribution is 5.71. The highest BCUT2D eigenvalue weighted by Crippen LogP contribution is 2.16. The van der Waals surface area contributed by atoms with Crippen LogP contribution in [0.1, 0.15) is 297 Å². The number of carbonyl (C=O) groups excluding carboxylic acids is 3. The quantitative estimate of drug-likeness (QED) is 0.0261. The molecule has 434 valence electrons. The summed E-state index contributed by atoms with van der Waals surface area (Å²) >= 11 is 0. The highest BCUT2D eigenvalue weighted by Gasteiger charge is 2.19. The first kappa shape index (κ1) is 72.1. The number of unbranched alkanes of at least 4 members (excludes halogenated alkanes) is 28. The summed E-state index contributed by atoms with van der Waals surface area (Å²) in [5.41, 5.74) is 0. The molecule has 1 unspecified atom stereocenters. The Bertz CT molecular complexity index is 1540. The number of hydrogen-bond donors (Lipinski definition) is 0. The molecule has 0 aromatic heterocycles. The van der Waals surface area contributed by atoms with Gasteiger partial charge in [-0.3, -0.25) is 14.4 Å². The van der Waals surface area contributed by atoms with Gasteiger partial charge < -0.3 is 14.2 Å². The van der Waals surface area contributed by atoms with Crippen LogP contribution in [0, 0.1) is 0 Å². The second-order valence-corrected chi connectivity index (χ2v) is 21.0. The number of rotatable bonds is 57. The topological polar surface area (TPSA) is 78.9 Å². The van der Waals surface area contributed by atoms with Crippen LogP contribution in [0.3, 0.4) is 0 Å². The Kier molecular flexibility index (Phi) is 60.3. The van der Waals surface area contributed by atoms with Crippen molar-refractivity contribution >= 4 is 17.9 Å². The van der Waals surface area contributed by atoms with Crippen molar-refractivity contribution in [2.24, 2.45) is 0 Å². The molecule has 0 fully saturated rings. The molecule has 0 bridgehead atoms. The van der Waals surface area contributed by atoms with Gasteiger partial charge in [-0.15, -0.1) is 0 Å². The average Bonchev–Trinajstić information content (AvgIpc) is 3.42. The Morgan fingerprint density at radius 3 is 0.803 bits per heavy atom. The van der Waals surface area contributed by atoms with Gasteiger partial charge in [-0.05, 0) is 89.9 Å². The molecule has 0 spiro atoms. The zero-order valence-electron chi connectivity index (χ0n) is 49.7. The van der Waals surface area contributed by atoms with E-state index >= 15 is 0 Å². The molecule has 0 amide bonds. The maximum atomic E-state index is 12.9. The summed E-state index contributed by atoms with van der Waals surface area (Å²) in [4.78, 5) is 38.1. The van der Waals surface area contributed by atoms with Crippen LogP contribution in [0.15, 0.2) is 109 Å². The van der Waals surface area contributed by atoms with Gasteiger partial charge >= 0.3 is 17.9 Å². The SMILES string of the molecule is CC/C=C\C/C=C\C/C=C\C/C=C\C/C=C\C/C=C\C/C=C\C/C=C\C/C=C\CCCCCCCC(=O)OCC(COC(=O)CCCCCCCCCCCC)OC(=O)CCCCCCCCCCCCCCCCC. The number of hydrogen-bond acceptors (Lipinski definition) is 6. The van der Waals surface area contributed by atoms with Crippen LogP contribution in [-0.4, -0.2) is 37.2 Å². The van der Waals surface area contributed by atoms with Gasteiger partial charge in [0.15, 0.2) is 6.10 Å². The first-order chi connectivity index (χ1) is 37.5. The van der Waals surface area contributed by atoms with Crippen LogP contribution in [0.4, 0.5) is 0 Å². The molecular weight excluding hydrogens is 937 g/mol. The van der Waals surface area contributed by atoms with Crippen molar-refractivity contribution in [2.75, 3.05) is 13.2 Å². The third-order valence-corrected chi connectivity index (χ3v) is 13.5. The van der Waals surface area contributed by atoms with Crippen LogP contribution in [0.5, 0.6) is 0 Å². The van der Waals surface area contributed by atoms with Gasteiger partial charge in [0.2, 0.25) is 0 Å². The van der Waals surface area contributed by atoms with Crippen LogP contribution < -0.4 is 0 Å². The predicted molar refractivity (Wildman–Crippen MR) is 330 cm³/mol. The maximum absolute atomic E-state index is 12.9. The normalized spacial score (nSPS) is 12.8. The fourth-order valence-corrected chi connectivity index (χ4v) is 8.79. The van der Waals surface area contributed by atoms with Crippen LogP contribution in [0.2, 0.25) is 0 Å². The number of esters is 3. The Morgan fingerprint density at radius 1 is 0.276 bits per heavy atom. The number of ether oxygens (including phenoxy) is 3. The third kappa shape index (κ3) is 60.9. The molecular formula is C70H118O6. The molecule has 0 aromatic carbocycles. The molecule has 0 rings (SSSR count). The Balaban J connectivity index is 4.24. The van der Waals surface area contributed by atoms with Gasteiger partial charge in [-0.1, -0.05) is 297 Å². The second-order valence-electron chi connectivity index (χ2n) is 21.0. The average molecular weight is 1060 g/mol. The fraction of sp³-hybridized carbons (Fsp3) is 0.700. The van der Waals surface area contributed by atoms with Crippen molar-refractivity contribution in [2.45, 2.75) is 303 Å². The molecule has 6 nitrogen and oxygen atoms in total. The van der Waals surface area contributed by atoms with E-state index in [-0.39, 0.29) is 31.1 Å². The second kappa shape index (κ2) is 63.6. The molecule has 0 saturated carbocycles. The van der Waals surface area contributed by atoms with Crippen LogP contribution in [-0.2, 0) is 28.6 Å². The highest BCUT2D eigenvalue weighted by atomic mass is 16.6. The molecule has 0 saturated heterocycles. The van der Waals surface area contributed by atoms with Gasteiger partial charge in [0.1, 0.15) is 13.2 Å².